The molecule has 0 bridgehead atoms. The predicted molar refractivity (Wildman–Crippen MR) is 268 cm³/mol. The van der Waals surface area contributed by atoms with Crippen molar-refractivity contribution in [2.45, 2.75) is 0 Å². The van der Waals surface area contributed by atoms with E-state index in [9.17, 15) is 0 Å². The highest BCUT2D eigenvalue weighted by Crippen LogP contribution is 2.50. The maximum atomic E-state index is 2.59. The second-order valence-electron chi connectivity index (χ2n) is 16.4. The van der Waals surface area contributed by atoms with E-state index < -0.39 is 0 Å². The molecule has 3 heteroatoms. The molecule has 0 atom stereocenters. The van der Waals surface area contributed by atoms with Gasteiger partial charge in [-0.15, -0.1) is 0 Å². The van der Waals surface area contributed by atoms with E-state index in [4.69, 9.17) is 0 Å². The van der Waals surface area contributed by atoms with Gasteiger partial charge >= 0.3 is 0 Å². The summed E-state index contributed by atoms with van der Waals surface area (Å²) in [5.74, 6) is 0. The molecular formula is C60H41BN2. The first-order chi connectivity index (χ1) is 31.3. The van der Waals surface area contributed by atoms with E-state index in [1.807, 2.05) is 0 Å². The number of anilines is 6. The highest BCUT2D eigenvalue weighted by atomic mass is 15.2. The summed E-state index contributed by atoms with van der Waals surface area (Å²) in [5, 5.41) is 0. The molecule has 294 valence electrons. The van der Waals surface area contributed by atoms with Gasteiger partial charge in [-0.25, -0.2) is 0 Å². The molecule has 2 heterocycles. The number of hydrogen-bond donors (Lipinski definition) is 0. The standard InChI is InChI=1S/C60H41BN2/c1-6-20-42(21-7-1)47-30-18-31-50(38-47)62-56-39-48(43-22-8-2-9-23-43)36-37-53(56)61-54-34-19-33-52(46-28-14-5-15-29-46)60(54)63(55-35-17-16-32-51(55)45-26-12-4-13-27-45)58-41-49(40-57(62)59(58)61)44-24-10-3-11-25-44/h1-41H. The van der Waals surface area contributed by atoms with Crippen molar-refractivity contribution >= 4 is 57.2 Å². The molecule has 0 saturated heterocycles. The first-order valence-corrected chi connectivity index (χ1v) is 21.8. The first kappa shape index (κ1) is 36.7. The van der Waals surface area contributed by atoms with E-state index in [0.29, 0.717) is 0 Å². The van der Waals surface area contributed by atoms with Crippen LogP contribution in [0.2, 0.25) is 0 Å². The fourth-order valence-corrected chi connectivity index (χ4v) is 10.0. The van der Waals surface area contributed by atoms with Crippen molar-refractivity contribution in [1.82, 2.24) is 0 Å². The minimum atomic E-state index is -0.0491. The monoisotopic (exact) mass is 800 g/mol. The molecule has 0 aliphatic carbocycles. The Kier molecular flexibility index (Phi) is 8.97. The van der Waals surface area contributed by atoms with Gasteiger partial charge in [0.15, 0.2) is 0 Å². The zero-order valence-electron chi connectivity index (χ0n) is 34.6. The first-order valence-electron chi connectivity index (χ1n) is 21.8. The molecule has 0 aromatic heterocycles. The van der Waals surface area contributed by atoms with Gasteiger partial charge in [-0.05, 0) is 97.3 Å². The molecule has 2 aliphatic heterocycles. The average molecular weight is 801 g/mol. The number of nitrogens with zero attached hydrogens (tertiary/aromatic N) is 2. The number of benzene rings is 10. The zero-order chi connectivity index (χ0) is 41.7. The van der Waals surface area contributed by atoms with Gasteiger partial charge in [-0.1, -0.05) is 212 Å². The molecular weight excluding hydrogens is 759 g/mol. The quantitative estimate of drug-likeness (QED) is 0.148. The van der Waals surface area contributed by atoms with Gasteiger partial charge in [0, 0.05) is 39.6 Å². The lowest BCUT2D eigenvalue weighted by Gasteiger charge is -2.45. The second-order valence-corrected chi connectivity index (χ2v) is 16.4. The third-order valence-corrected chi connectivity index (χ3v) is 12.8. The largest absolute Gasteiger partial charge is 0.311 e. The smallest absolute Gasteiger partial charge is 0.252 e. The Morgan fingerprint density at radius 1 is 0.254 bits per heavy atom. The fourth-order valence-electron chi connectivity index (χ4n) is 10.0. The van der Waals surface area contributed by atoms with Gasteiger partial charge in [0.05, 0.1) is 5.69 Å². The minimum absolute atomic E-state index is 0.0491. The van der Waals surface area contributed by atoms with Crippen LogP contribution in [-0.2, 0) is 0 Å². The lowest BCUT2D eigenvalue weighted by Crippen LogP contribution is -2.61. The van der Waals surface area contributed by atoms with Crippen LogP contribution in [0.1, 0.15) is 0 Å². The molecule has 2 aliphatic rings. The molecule has 0 saturated carbocycles. The van der Waals surface area contributed by atoms with Crippen LogP contribution in [0.3, 0.4) is 0 Å². The molecule has 10 aromatic carbocycles. The Labute approximate surface area is 369 Å². The summed E-state index contributed by atoms with van der Waals surface area (Å²) in [6.45, 7) is -0.0491. The van der Waals surface area contributed by atoms with Gasteiger partial charge < -0.3 is 9.80 Å². The summed E-state index contributed by atoms with van der Waals surface area (Å²) < 4.78 is 0. The average Bonchev–Trinajstić information content (AvgIpc) is 3.37. The van der Waals surface area contributed by atoms with Crippen molar-refractivity contribution in [3.8, 4) is 55.6 Å². The van der Waals surface area contributed by atoms with Crippen molar-refractivity contribution < 1.29 is 0 Å². The molecule has 63 heavy (non-hydrogen) atoms. The van der Waals surface area contributed by atoms with Gasteiger partial charge in [-0.2, -0.15) is 0 Å². The molecule has 0 unspecified atom stereocenters. The van der Waals surface area contributed by atoms with E-state index in [-0.39, 0.29) is 6.71 Å². The van der Waals surface area contributed by atoms with Crippen molar-refractivity contribution in [3.05, 3.63) is 249 Å². The van der Waals surface area contributed by atoms with Crippen molar-refractivity contribution in [2.75, 3.05) is 9.80 Å². The topological polar surface area (TPSA) is 6.48 Å². The summed E-state index contributed by atoms with van der Waals surface area (Å²) in [6, 6.07) is 91.2. The van der Waals surface area contributed by atoms with Crippen LogP contribution in [0.25, 0.3) is 55.6 Å². The molecule has 0 fully saturated rings. The van der Waals surface area contributed by atoms with Crippen molar-refractivity contribution in [1.29, 1.82) is 0 Å². The van der Waals surface area contributed by atoms with E-state index in [0.717, 1.165) is 16.9 Å². The van der Waals surface area contributed by atoms with Gasteiger partial charge in [0.1, 0.15) is 0 Å². The van der Waals surface area contributed by atoms with E-state index >= 15 is 0 Å². The Bertz CT molecular complexity index is 3280. The Morgan fingerprint density at radius 3 is 1.35 bits per heavy atom. The van der Waals surface area contributed by atoms with Crippen LogP contribution in [0.15, 0.2) is 249 Å². The number of para-hydroxylation sites is 2. The highest BCUT2D eigenvalue weighted by Gasteiger charge is 2.45. The third-order valence-electron chi connectivity index (χ3n) is 12.8. The normalized spacial score (nSPS) is 12.3. The van der Waals surface area contributed by atoms with Gasteiger partial charge in [-0.3, -0.25) is 0 Å². The Morgan fingerprint density at radius 2 is 0.714 bits per heavy atom. The molecule has 0 amide bonds. The molecule has 2 nitrogen and oxygen atoms in total. The molecule has 0 radical (unpaired) electrons. The van der Waals surface area contributed by atoms with Crippen LogP contribution >= 0.6 is 0 Å². The van der Waals surface area contributed by atoms with Crippen LogP contribution < -0.4 is 26.2 Å². The Hall–Kier alpha value is -8.14. The number of rotatable bonds is 7. The van der Waals surface area contributed by atoms with Crippen LogP contribution in [0.4, 0.5) is 34.1 Å². The lowest BCUT2D eigenvalue weighted by atomic mass is 9.33. The van der Waals surface area contributed by atoms with Crippen molar-refractivity contribution in [3.63, 3.8) is 0 Å². The molecule has 10 aromatic rings. The van der Waals surface area contributed by atoms with Crippen LogP contribution in [0, 0.1) is 0 Å². The highest BCUT2D eigenvalue weighted by molar-refractivity contribution is 7.00. The zero-order valence-corrected chi connectivity index (χ0v) is 34.6. The van der Waals surface area contributed by atoms with Crippen molar-refractivity contribution in [2.24, 2.45) is 0 Å². The molecule has 12 rings (SSSR count). The maximum Gasteiger partial charge on any atom is 0.252 e. The van der Waals surface area contributed by atoms with Gasteiger partial charge in [0.25, 0.3) is 6.71 Å². The third kappa shape index (κ3) is 6.28. The number of hydrogen-bond acceptors (Lipinski definition) is 2. The minimum Gasteiger partial charge on any atom is -0.311 e. The summed E-state index contributed by atoms with van der Waals surface area (Å²) in [5.41, 5.74) is 22.7. The second kappa shape index (κ2) is 15.4. The SMILES string of the molecule is c1ccc(-c2cccc(N3c4cc(-c5ccccc5)ccc4B4c5cccc(-c6ccccc6)c5N(c5ccccc5-c5ccccc5)c5cc(-c6ccccc6)cc3c54)c2)cc1. The summed E-state index contributed by atoms with van der Waals surface area (Å²) in [7, 11) is 0. The van der Waals surface area contributed by atoms with E-state index in [1.165, 1.54) is 89.2 Å². The molecule has 0 N–H and O–H groups in total. The fraction of sp³-hybridized carbons (Fsp3) is 0. The summed E-state index contributed by atoms with van der Waals surface area (Å²) in [4.78, 5) is 5.13. The predicted octanol–water partition coefficient (Wildman–Crippen LogP) is 14.1. The van der Waals surface area contributed by atoms with E-state index in [2.05, 4.69) is 259 Å². The van der Waals surface area contributed by atoms with Gasteiger partial charge in [0.2, 0.25) is 0 Å². The van der Waals surface area contributed by atoms with Crippen LogP contribution in [0.5, 0.6) is 0 Å². The maximum absolute atomic E-state index is 2.59. The lowest BCUT2D eigenvalue weighted by molar-refractivity contribution is 1.25. The molecule has 0 spiro atoms. The van der Waals surface area contributed by atoms with E-state index in [1.54, 1.807) is 0 Å². The summed E-state index contributed by atoms with van der Waals surface area (Å²) >= 11 is 0. The Balaban J connectivity index is 1.22. The van der Waals surface area contributed by atoms with Crippen LogP contribution in [-0.4, -0.2) is 6.71 Å². The number of fused-ring (bicyclic) bond motifs is 4. The summed E-state index contributed by atoms with van der Waals surface area (Å²) in [6.07, 6.45) is 0.